The minimum absolute atomic E-state index is 0.192. The average molecular weight is 224 g/mol. The molecular weight excluding hydrogens is 196 g/mol. The second-order valence-corrected chi connectivity index (χ2v) is 5.18. The van der Waals surface area contributed by atoms with Crippen molar-refractivity contribution in [3.63, 3.8) is 0 Å². The first-order valence-corrected chi connectivity index (χ1v) is 6.34. The van der Waals surface area contributed by atoms with E-state index in [9.17, 15) is 5.11 Å². The van der Waals surface area contributed by atoms with E-state index in [4.69, 9.17) is 0 Å². The SMILES string of the molecule is C=CC(C)(CCC=C(C)C)C(O)(CC)CC. The van der Waals surface area contributed by atoms with Crippen molar-refractivity contribution < 1.29 is 5.11 Å². The lowest BCUT2D eigenvalue weighted by molar-refractivity contribution is -0.0608. The third-order valence-corrected chi connectivity index (χ3v) is 3.90. The summed E-state index contributed by atoms with van der Waals surface area (Å²) in [4.78, 5) is 0. The topological polar surface area (TPSA) is 20.2 Å². The molecule has 94 valence electrons. The Kier molecular flexibility index (Phi) is 6.02. The van der Waals surface area contributed by atoms with E-state index in [1.807, 2.05) is 19.9 Å². The molecule has 1 unspecified atom stereocenters. The summed E-state index contributed by atoms with van der Waals surface area (Å²) >= 11 is 0. The van der Waals surface area contributed by atoms with Gasteiger partial charge in [-0.3, -0.25) is 0 Å². The monoisotopic (exact) mass is 224 g/mol. The number of hydrogen-bond acceptors (Lipinski definition) is 1. The Labute approximate surface area is 101 Å². The molecule has 1 nitrogen and oxygen atoms in total. The summed E-state index contributed by atoms with van der Waals surface area (Å²) in [6, 6.07) is 0. The molecule has 0 radical (unpaired) electrons. The molecule has 0 rings (SSSR count). The highest BCUT2D eigenvalue weighted by molar-refractivity contribution is 5.06. The lowest BCUT2D eigenvalue weighted by Crippen LogP contribution is -2.44. The Morgan fingerprint density at radius 2 is 1.75 bits per heavy atom. The van der Waals surface area contributed by atoms with Crippen LogP contribution in [0.1, 0.15) is 60.3 Å². The zero-order valence-corrected chi connectivity index (χ0v) is 11.6. The van der Waals surface area contributed by atoms with Gasteiger partial charge in [0, 0.05) is 5.41 Å². The van der Waals surface area contributed by atoms with Crippen LogP contribution in [0.5, 0.6) is 0 Å². The lowest BCUT2D eigenvalue weighted by atomic mass is 9.67. The average Bonchev–Trinajstić information content (AvgIpc) is 2.27. The van der Waals surface area contributed by atoms with E-state index >= 15 is 0 Å². The summed E-state index contributed by atoms with van der Waals surface area (Å²) in [5.41, 5.74) is 0.523. The molecule has 0 heterocycles. The van der Waals surface area contributed by atoms with Crippen molar-refractivity contribution in [2.75, 3.05) is 0 Å². The van der Waals surface area contributed by atoms with Gasteiger partial charge < -0.3 is 5.11 Å². The third-order valence-electron chi connectivity index (χ3n) is 3.90. The predicted octanol–water partition coefficient (Wildman–Crippen LogP) is 4.48. The Balaban J connectivity index is 4.77. The maximum Gasteiger partial charge on any atom is 0.0730 e. The molecule has 0 fully saturated rings. The van der Waals surface area contributed by atoms with Crippen molar-refractivity contribution in [1.82, 2.24) is 0 Å². The van der Waals surface area contributed by atoms with Crippen LogP contribution in [0.15, 0.2) is 24.3 Å². The van der Waals surface area contributed by atoms with Crippen LogP contribution in [0.4, 0.5) is 0 Å². The summed E-state index contributed by atoms with van der Waals surface area (Å²) in [5, 5.41) is 10.6. The van der Waals surface area contributed by atoms with E-state index in [0.717, 1.165) is 25.7 Å². The van der Waals surface area contributed by atoms with Gasteiger partial charge in [-0.1, -0.05) is 38.5 Å². The summed E-state index contributed by atoms with van der Waals surface area (Å²) in [6.07, 6.45) is 7.68. The van der Waals surface area contributed by atoms with E-state index in [-0.39, 0.29) is 5.41 Å². The van der Waals surface area contributed by atoms with E-state index in [2.05, 4.69) is 33.4 Å². The summed E-state index contributed by atoms with van der Waals surface area (Å²) in [7, 11) is 0. The number of aliphatic hydroxyl groups is 1. The molecule has 1 heteroatoms. The van der Waals surface area contributed by atoms with Gasteiger partial charge in [0.2, 0.25) is 0 Å². The van der Waals surface area contributed by atoms with Crippen LogP contribution < -0.4 is 0 Å². The maximum atomic E-state index is 10.6. The second kappa shape index (κ2) is 6.24. The molecule has 0 bridgehead atoms. The fourth-order valence-corrected chi connectivity index (χ4v) is 2.24. The summed E-state index contributed by atoms with van der Waals surface area (Å²) in [5.74, 6) is 0. The molecule has 0 aromatic carbocycles. The normalized spacial score (nSPS) is 15.4. The minimum Gasteiger partial charge on any atom is -0.389 e. The van der Waals surface area contributed by atoms with E-state index < -0.39 is 5.60 Å². The van der Waals surface area contributed by atoms with E-state index in [1.54, 1.807) is 0 Å². The van der Waals surface area contributed by atoms with Crippen molar-refractivity contribution in [1.29, 1.82) is 0 Å². The number of allylic oxidation sites excluding steroid dienone is 2. The van der Waals surface area contributed by atoms with Gasteiger partial charge in [0.15, 0.2) is 0 Å². The van der Waals surface area contributed by atoms with Crippen LogP contribution in [0.2, 0.25) is 0 Å². The van der Waals surface area contributed by atoms with Gasteiger partial charge in [0.05, 0.1) is 5.60 Å². The third kappa shape index (κ3) is 3.48. The minimum atomic E-state index is -0.621. The largest absolute Gasteiger partial charge is 0.389 e. The van der Waals surface area contributed by atoms with E-state index in [1.165, 1.54) is 5.57 Å². The highest BCUT2D eigenvalue weighted by Crippen LogP contribution is 2.41. The Bertz CT molecular complexity index is 244. The highest BCUT2D eigenvalue weighted by Gasteiger charge is 2.41. The Morgan fingerprint density at radius 1 is 1.25 bits per heavy atom. The molecule has 0 aliphatic rings. The zero-order chi connectivity index (χ0) is 12.8. The van der Waals surface area contributed by atoms with Gasteiger partial charge in [-0.05, 0) is 39.5 Å². The second-order valence-electron chi connectivity index (χ2n) is 5.18. The van der Waals surface area contributed by atoms with Gasteiger partial charge in [-0.2, -0.15) is 0 Å². The van der Waals surface area contributed by atoms with Crippen LogP contribution in [-0.4, -0.2) is 10.7 Å². The summed E-state index contributed by atoms with van der Waals surface area (Å²) < 4.78 is 0. The molecule has 16 heavy (non-hydrogen) atoms. The van der Waals surface area contributed by atoms with Crippen molar-refractivity contribution in [3.05, 3.63) is 24.3 Å². The molecule has 0 aliphatic heterocycles. The molecule has 0 aromatic heterocycles. The molecule has 0 saturated heterocycles. The van der Waals surface area contributed by atoms with Crippen LogP contribution in [0.25, 0.3) is 0 Å². The number of rotatable bonds is 7. The van der Waals surface area contributed by atoms with Gasteiger partial charge in [0.25, 0.3) is 0 Å². The predicted molar refractivity (Wildman–Crippen MR) is 72.5 cm³/mol. The quantitative estimate of drug-likeness (QED) is 0.632. The Hall–Kier alpha value is -0.560. The molecule has 1 N–H and O–H groups in total. The lowest BCUT2D eigenvalue weighted by Gasteiger charge is -2.42. The fraction of sp³-hybridized carbons (Fsp3) is 0.733. The van der Waals surface area contributed by atoms with Crippen molar-refractivity contribution in [3.8, 4) is 0 Å². The summed E-state index contributed by atoms with van der Waals surface area (Å²) in [6.45, 7) is 14.3. The molecule has 0 spiro atoms. The first-order valence-electron chi connectivity index (χ1n) is 6.34. The number of hydrogen-bond donors (Lipinski definition) is 1. The van der Waals surface area contributed by atoms with Crippen molar-refractivity contribution in [2.45, 2.75) is 65.9 Å². The van der Waals surface area contributed by atoms with Gasteiger partial charge in [-0.25, -0.2) is 0 Å². The van der Waals surface area contributed by atoms with Crippen LogP contribution in [0.3, 0.4) is 0 Å². The van der Waals surface area contributed by atoms with Gasteiger partial charge in [0.1, 0.15) is 0 Å². The van der Waals surface area contributed by atoms with Crippen LogP contribution >= 0.6 is 0 Å². The Morgan fingerprint density at radius 3 is 2.06 bits per heavy atom. The standard InChI is InChI=1S/C15H28O/c1-7-14(6,12-10-11-13(4)5)15(16,8-2)9-3/h7,11,16H,1,8-10,12H2,2-6H3. The molecule has 0 aliphatic carbocycles. The zero-order valence-electron chi connectivity index (χ0n) is 11.6. The maximum absolute atomic E-state index is 10.6. The van der Waals surface area contributed by atoms with Crippen LogP contribution in [-0.2, 0) is 0 Å². The first kappa shape index (κ1) is 15.4. The van der Waals surface area contributed by atoms with Gasteiger partial charge in [-0.15, -0.1) is 6.58 Å². The molecule has 0 saturated carbocycles. The highest BCUT2D eigenvalue weighted by atomic mass is 16.3. The van der Waals surface area contributed by atoms with Crippen molar-refractivity contribution in [2.24, 2.45) is 5.41 Å². The molecule has 0 aromatic rings. The van der Waals surface area contributed by atoms with Gasteiger partial charge >= 0.3 is 0 Å². The molecular formula is C15H28O. The van der Waals surface area contributed by atoms with Crippen molar-refractivity contribution >= 4 is 0 Å². The molecule has 0 amide bonds. The fourth-order valence-electron chi connectivity index (χ4n) is 2.24. The van der Waals surface area contributed by atoms with E-state index in [0.29, 0.717) is 0 Å². The first-order chi connectivity index (χ1) is 7.35. The van der Waals surface area contributed by atoms with Crippen LogP contribution in [0, 0.1) is 5.41 Å². The molecule has 1 atom stereocenters. The smallest absolute Gasteiger partial charge is 0.0730 e.